The molecule has 0 fully saturated rings. The topological polar surface area (TPSA) is 58.9 Å². The van der Waals surface area contributed by atoms with Gasteiger partial charge in [-0.1, -0.05) is 59.8 Å². The van der Waals surface area contributed by atoms with Crippen LogP contribution in [0.2, 0.25) is 0 Å². The normalized spacial score (nSPS) is 15.3. The van der Waals surface area contributed by atoms with Gasteiger partial charge in [-0.05, 0) is 74.5 Å². The van der Waals surface area contributed by atoms with E-state index in [1.807, 2.05) is 29.1 Å². The first-order chi connectivity index (χ1) is 17.4. The summed E-state index contributed by atoms with van der Waals surface area (Å²) in [7, 11) is 0. The van der Waals surface area contributed by atoms with Crippen LogP contribution in [0.25, 0.3) is 5.69 Å². The van der Waals surface area contributed by atoms with Crippen molar-refractivity contribution >= 4 is 0 Å². The van der Waals surface area contributed by atoms with Gasteiger partial charge in [0.05, 0.1) is 29.3 Å². The minimum Gasteiger partial charge on any atom is -0.313 e. The van der Waals surface area contributed by atoms with Crippen LogP contribution in [0.3, 0.4) is 0 Å². The smallest absolute Gasteiger partial charge is 0.0972 e. The van der Waals surface area contributed by atoms with E-state index < -0.39 is 0 Å². The van der Waals surface area contributed by atoms with Crippen molar-refractivity contribution in [3.05, 3.63) is 108 Å². The number of nitrogens with zero attached hydrogens (tertiary/aromatic N) is 5. The minimum absolute atomic E-state index is 0.333. The van der Waals surface area contributed by atoms with E-state index in [-0.39, 0.29) is 0 Å². The average molecular weight is 467 g/mol. The fourth-order valence-corrected chi connectivity index (χ4v) is 4.96. The van der Waals surface area contributed by atoms with Crippen molar-refractivity contribution < 1.29 is 0 Å². The van der Waals surface area contributed by atoms with Crippen LogP contribution in [0, 0.1) is 0 Å². The summed E-state index contributed by atoms with van der Waals surface area (Å²) in [5.41, 5.74) is 6.01. The summed E-state index contributed by atoms with van der Waals surface area (Å²) in [6.07, 6.45) is 9.74. The van der Waals surface area contributed by atoms with Crippen molar-refractivity contribution in [1.82, 2.24) is 30.2 Å². The Morgan fingerprint density at radius 3 is 2.63 bits per heavy atom. The van der Waals surface area contributed by atoms with Crippen LogP contribution in [-0.4, -0.2) is 38.0 Å². The third kappa shape index (κ3) is 6.21. The van der Waals surface area contributed by atoms with Crippen LogP contribution >= 0.6 is 0 Å². The SMILES string of the molecule is c1ccc(CNCCCCN(Cc2cn(-c3ccccc3)nn2)C2CCCc3cccnc32)cc1. The molecule has 1 atom stereocenters. The summed E-state index contributed by atoms with van der Waals surface area (Å²) in [4.78, 5) is 7.38. The molecule has 2 heterocycles. The van der Waals surface area contributed by atoms with Crippen molar-refractivity contribution in [3.63, 3.8) is 0 Å². The quantitative estimate of drug-likeness (QED) is 0.311. The molecule has 6 nitrogen and oxygen atoms in total. The fourth-order valence-electron chi connectivity index (χ4n) is 4.96. The first-order valence-electron chi connectivity index (χ1n) is 12.8. The van der Waals surface area contributed by atoms with Crippen molar-refractivity contribution in [1.29, 1.82) is 0 Å². The predicted molar refractivity (Wildman–Crippen MR) is 139 cm³/mol. The Kier molecular flexibility index (Phi) is 7.93. The molecule has 0 radical (unpaired) electrons. The molecule has 5 rings (SSSR count). The van der Waals surface area contributed by atoms with Crippen LogP contribution in [-0.2, 0) is 19.5 Å². The van der Waals surface area contributed by atoms with Crippen LogP contribution in [0.15, 0.2) is 85.2 Å². The summed E-state index contributed by atoms with van der Waals surface area (Å²) in [5, 5.41) is 12.5. The van der Waals surface area contributed by atoms with Gasteiger partial charge >= 0.3 is 0 Å². The van der Waals surface area contributed by atoms with Crippen LogP contribution < -0.4 is 5.32 Å². The van der Waals surface area contributed by atoms with E-state index in [1.165, 1.54) is 23.2 Å². The molecular weight excluding hydrogens is 432 g/mol. The zero-order valence-corrected chi connectivity index (χ0v) is 20.3. The average Bonchev–Trinajstić information content (AvgIpc) is 3.39. The third-order valence-electron chi connectivity index (χ3n) is 6.75. The van der Waals surface area contributed by atoms with Crippen LogP contribution in [0.5, 0.6) is 0 Å². The van der Waals surface area contributed by atoms with E-state index in [0.717, 1.165) is 63.2 Å². The molecule has 0 saturated heterocycles. The van der Waals surface area contributed by atoms with Gasteiger partial charge in [-0.2, -0.15) is 0 Å². The van der Waals surface area contributed by atoms with Gasteiger partial charge in [-0.25, -0.2) is 4.68 Å². The number of rotatable bonds is 11. The minimum atomic E-state index is 0.333. The van der Waals surface area contributed by atoms with Crippen LogP contribution in [0.1, 0.15) is 54.2 Å². The summed E-state index contributed by atoms with van der Waals surface area (Å²) in [5.74, 6) is 0. The number of pyridine rings is 1. The Morgan fingerprint density at radius 2 is 1.77 bits per heavy atom. The van der Waals surface area contributed by atoms with E-state index >= 15 is 0 Å². The first-order valence-corrected chi connectivity index (χ1v) is 12.8. The molecule has 0 amide bonds. The monoisotopic (exact) mass is 466 g/mol. The molecule has 0 aliphatic heterocycles. The number of para-hydroxylation sites is 1. The lowest BCUT2D eigenvalue weighted by atomic mass is 9.90. The number of hydrogen-bond acceptors (Lipinski definition) is 5. The van der Waals surface area contributed by atoms with Gasteiger partial charge in [-0.15, -0.1) is 5.10 Å². The number of aryl methyl sites for hydroxylation is 1. The third-order valence-corrected chi connectivity index (χ3v) is 6.75. The lowest BCUT2D eigenvalue weighted by molar-refractivity contribution is 0.160. The van der Waals surface area contributed by atoms with Gasteiger partial charge in [0.15, 0.2) is 0 Å². The number of fused-ring (bicyclic) bond motifs is 1. The van der Waals surface area contributed by atoms with Crippen LogP contribution in [0.4, 0.5) is 0 Å². The van der Waals surface area contributed by atoms with E-state index in [2.05, 4.69) is 81.3 Å². The molecule has 2 aromatic carbocycles. The standard InChI is InChI=1S/C29H34N6/c1-3-11-24(12-4-1)21-30-18-7-8-20-34(28-17-9-13-25-14-10-19-31-29(25)28)22-26-23-35(33-32-26)27-15-5-2-6-16-27/h1-6,10-12,14-16,19,23,28,30H,7-9,13,17-18,20-22H2. The Hall–Kier alpha value is -3.35. The van der Waals surface area contributed by atoms with Gasteiger partial charge in [0.25, 0.3) is 0 Å². The second-order valence-corrected chi connectivity index (χ2v) is 9.29. The second-order valence-electron chi connectivity index (χ2n) is 9.29. The van der Waals surface area contributed by atoms with Crippen molar-refractivity contribution in [2.45, 2.75) is 51.2 Å². The zero-order chi connectivity index (χ0) is 23.7. The molecule has 1 N–H and O–H groups in total. The van der Waals surface area contributed by atoms with E-state index in [0.29, 0.717) is 6.04 Å². The summed E-state index contributed by atoms with van der Waals surface area (Å²) >= 11 is 0. The Morgan fingerprint density at radius 1 is 0.943 bits per heavy atom. The second kappa shape index (κ2) is 11.9. The van der Waals surface area contributed by atoms with Gasteiger partial charge in [-0.3, -0.25) is 9.88 Å². The van der Waals surface area contributed by atoms with Crippen molar-refractivity contribution in [2.75, 3.05) is 13.1 Å². The molecular formula is C29H34N6. The van der Waals surface area contributed by atoms with Gasteiger partial charge in [0.2, 0.25) is 0 Å². The van der Waals surface area contributed by atoms with E-state index in [4.69, 9.17) is 4.98 Å². The maximum atomic E-state index is 4.81. The highest BCUT2D eigenvalue weighted by Gasteiger charge is 2.27. The lowest BCUT2D eigenvalue weighted by Gasteiger charge is -2.34. The molecule has 1 unspecified atom stereocenters. The maximum absolute atomic E-state index is 4.81. The number of hydrogen-bond donors (Lipinski definition) is 1. The summed E-state index contributed by atoms with van der Waals surface area (Å²) < 4.78 is 1.87. The molecule has 0 spiro atoms. The predicted octanol–water partition coefficient (Wildman–Crippen LogP) is 5.11. The van der Waals surface area contributed by atoms with E-state index in [1.54, 1.807) is 0 Å². The molecule has 1 aliphatic carbocycles. The lowest BCUT2D eigenvalue weighted by Crippen LogP contribution is -2.33. The highest BCUT2D eigenvalue weighted by molar-refractivity contribution is 5.30. The Balaban J connectivity index is 1.23. The highest BCUT2D eigenvalue weighted by Crippen LogP contribution is 2.33. The molecule has 4 aromatic rings. The number of aromatic nitrogens is 4. The van der Waals surface area contributed by atoms with Gasteiger partial charge < -0.3 is 5.32 Å². The zero-order valence-electron chi connectivity index (χ0n) is 20.3. The number of nitrogens with one attached hydrogen (secondary N) is 1. The number of unbranched alkanes of at least 4 members (excludes halogenated alkanes) is 1. The number of benzene rings is 2. The van der Waals surface area contributed by atoms with Crippen molar-refractivity contribution in [2.24, 2.45) is 0 Å². The molecule has 1 aliphatic rings. The molecule has 0 bridgehead atoms. The summed E-state index contributed by atoms with van der Waals surface area (Å²) in [6.45, 7) is 3.75. The van der Waals surface area contributed by atoms with Crippen molar-refractivity contribution in [3.8, 4) is 5.69 Å². The Labute approximate surface area is 208 Å². The van der Waals surface area contributed by atoms with Gasteiger partial charge in [0, 0.05) is 19.3 Å². The molecule has 180 valence electrons. The van der Waals surface area contributed by atoms with E-state index in [9.17, 15) is 0 Å². The maximum Gasteiger partial charge on any atom is 0.0972 e. The molecule has 35 heavy (non-hydrogen) atoms. The molecule has 2 aromatic heterocycles. The first kappa shape index (κ1) is 23.4. The summed E-state index contributed by atoms with van der Waals surface area (Å²) in [6, 6.07) is 25.4. The molecule has 6 heteroatoms. The highest BCUT2D eigenvalue weighted by atomic mass is 15.4. The van der Waals surface area contributed by atoms with Gasteiger partial charge in [0.1, 0.15) is 0 Å². The fraction of sp³-hybridized carbons (Fsp3) is 0.345. The molecule has 0 saturated carbocycles. The largest absolute Gasteiger partial charge is 0.313 e. The Bertz CT molecular complexity index is 1170.